The number of aromatic nitrogens is 3. The van der Waals surface area contributed by atoms with E-state index in [4.69, 9.17) is 15.0 Å². The summed E-state index contributed by atoms with van der Waals surface area (Å²) in [6.45, 7) is 0. The molecule has 3 heteroatoms. The van der Waals surface area contributed by atoms with Crippen molar-refractivity contribution in [2.45, 2.75) is 5.41 Å². The van der Waals surface area contributed by atoms with Crippen LogP contribution < -0.4 is 0 Å². The molecular weight excluding hydrogens is 787 g/mol. The van der Waals surface area contributed by atoms with E-state index in [2.05, 4.69) is 218 Å². The van der Waals surface area contributed by atoms with Crippen LogP contribution in [0.5, 0.6) is 0 Å². The van der Waals surface area contributed by atoms with Gasteiger partial charge in [0.05, 0.1) is 5.41 Å². The summed E-state index contributed by atoms with van der Waals surface area (Å²) in [6, 6.07) is 85.5. The van der Waals surface area contributed by atoms with Crippen molar-refractivity contribution in [2.75, 3.05) is 0 Å². The maximum atomic E-state index is 5.50. The van der Waals surface area contributed by atoms with Gasteiger partial charge >= 0.3 is 0 Å². The largest absolute Gasteiger partial charge is 0.208 e. The molecule has 12 aromatic rings. The third-order valence-corrected chi connectivity index (χ3v) is 13.5. The van der Waals surface area contributed by atoms with Crippen molar-refractivity contribution in [1.82, 2.24) is 15.0 Å². The van der Waals surface area contributed by atoms with Crippen LogP contribution in [0, 0.1) is 0 Å². The summed E-state index contributed by atoms with van der Waals surface area (Å²) in [7, 11) is 0. The Bertz CT molecular complexity index is 3650. The minimum Gasteiger partial charge on any atom is -0.208 e. The van der Waals surface area contributed by atoms with Crippen LogP contribution in [-0.2, 0) is 5.41 Å². The molecule has 0 saturated heterocycles. The molecule has 0 amide bonds. The number of hydrogen-bond donors (Lipinski definition) is 0. The fourth-order valence-electron chi connectivity index (χ4n) is 10.6. The van der Waals surface area contributed by atoms with Crippen molar-refractivity contribution in [3.63, 3.8) is 0 Å². The highest BCUT2D eigenvalue weighted by Crippen LogP contribution is 2.59. The lowest BCUT2D eigenvalue weighted by atomic mass is 9.67. The zero-order valence-corrected chi connectivity index (χ0v) is 35.4. The van der Waals surface area contributed by atoms with Crippen LogP contribution in [0.15, 0.2) is 237 Å². The second-order valence-electron chi connectivity index (χ2n) is 17.1. The molecule has 0 fully saturated rings. The Morgan fingerprint density at radius 1 is 0.262 bits per heavy atom. The molecule has 0 spiro atoms. The summed E-state index contributed by atoms with van der Waals surface area (Å²) in [5, 5.41) is 7.57. The third kappa shape index (κ3) is 5.86. The highest BCUT2D eigenvalue weighted by atomic mass is 15.0. The molecule has 13 rings (SSSR count). The standard InChI is InChI=1S/C62H39N3/c1-5-17-40(18-6-1)44-23-16-24-47(35-44)60-63-59(43-19-7-2-8-20-43)64-61(65-60)53-38-49(48-36-45-33-31-41-21-15-22-42-32-34-46(37-48)57(45)56(41)42)39-55-58(53)52-29-13-14-30-54(52)62(55,50-25-9-3-10-26-50)51-27-11-4-12-28-51/h1-39H. The fourth-order valence-corrected chi connectivity index (χ4v) is 10.6. The van der Waals surface area contributed by atoms with Gasteiger partial charge in [0.2, 0.25) is 0 Å². The van der Waals surface area contributed by atoms with Gasteiger partial charge in [-0.05, 0) is 118 Å². The zero-order valence-electron chi connectivity index (χ0n) is 35.4. The Morgan fingerprint density at radius 3 is 1.40 bits per heavy atom. The predicted octanol–water partition coefficient (Wildman–Crippen LogP) is 15.5. The monoisotopic (exact) mass is 825 g/mol. The smallest absolute Gasteiger partial charge is 0.164 e. The molecule has 3 nitrogen and oxygen atoms in total. The molecule has 11 aromatic carbocycles. The van der Waals surface area contributed by atoms with E-state index < -0.39 is 5.41 Å². The Labute approximate surface area is 377 Å². The van der Waals surface area contributed by atoms with Crippen LogP contribution >= 0.6 is 0 Å². The number of benzene rings is 11. The van der Waals surface area contributed by atoms with Gasteiger partial charge in [0.25, 0.3) is 0 Å². The molecule has 0 bridgehead atoms. The summed E-state index contributed by atoms with van der Waals surface area (Å²) in [4.78, 5) is 16.2. The Hall–Kier alpha value is -8.53. The van der Waals surface area contributed by atoms with Gasteiger partial charge in [0, 0.05) is 16.7 Å². The molecule has 65 heavy (non-hydrogen) atoms. The molecule has 0 saturated carbocycles. The summed E-state index contributed by atoms with van der Waals surface area (Å²) in [6.07, 6.45) is 0. The maximum absolute atomic E-state index is 5.50. The second-order valence-corrected chi connectivity index (χ2v) is 17.1. The minimum atomic E-state index is -0.641. The number of fused-ring (bicyclic) bond motifs is 3. The lowest BCUT2D eigenvalue weighted by Gasteiger charge is -2.34. The molecule has 1 aliphatic rings. The van der Waals surface area contributed by atoms with E-state index >= 15 is 0 Å². The highest BCUT2D eigenvalue weighted by molar-refractivity contribution is 6.23. The van der Waals surface area contributed by atoms with Gasteiger partial charge in [-0.1, -0.05) is 206 Å². The van der Waals surface area contributed by atoms with Gasteiger partial charge in [-0.25, -0.2) is 15.0 Å². The van der Waals surface area contributed by atoms with Crippen molar-refractivity contribution in [2.24, 2.45) is 0 Å². The average molecular weight is 826 g/mol. The number of hydrogen-bond acceptors (Lipinski definition) is 3. The molecular formula is C62H39N3. The van der Waals surface area contributed by atoms with Crippen molar-refractivity contribution in [1.29, 1.82) is 0 Å². The van der Waals surface area contributed by atoms with Crippen LogP contribution in [0.3, 0.4) is 0 Å². The van der Waals surface area contributed by atoms with Gasteiger partial charge < -0.3 is 0 Å². The van der Waals surface area contributed by atoms with E-state index in [9.17, 15) is 0 Å². The first kappa shape index (κ1) is 37.1. The van der Waals surface area contributed by atoms with Crippen LogP contribution in [0.1, 0.15) is 22.3 Å². The van der Waals surface area contributed by atoms with Gasteiger partial charge in [-0.3, -0.25) is 0 Å². The van der Waals surface area contributed by atoms with E-state index in [1.807, 2.05) is 18.2 Å². The summed E-state index contributed by atoms with van der Waals surface area (Å²) in [5.74, 6) is 1.88. The molecule has 0 aliphatic heterocycles. The highest BCUT2D eigenvalue weighted by Gasteiger charge is 2.47. The molecule has 1 heterocycles. The summed E-state index contributed by atoms with van der Waals surface area (Å²) < 4.78 is 0. The normalized spacial score (nSPS) is 12.7. The van der Waals surface area contributed by atoms with E-state index in [1.54, 1.807) is 0 Å². The van der Waals surface area contributed by atoms with Crippen molar-refractivity contribution in [3.05, 3.63) is 259 Å². The second kappa shape index (κ2) is 14.8. The maximum Gasteiger partial charge on any atom is 0.164 e. The van der Waals surface area contributed by atoms with Gasteiger partial charge in [0.1, 0.15) is 0 Å². The molecule has 0 radical (unpaired) electrons. The topological polar surface area (TPSA) is 38.7 Å². The first-order valence-corrected chi connectivity index (χ1v) is 22.3. The van der Waals surface area contributed by atoms with Crippen molar-refractivity contribution in [3.8, 4) is 67.5 Å². The predicted molar refractivity (Wildman–Crippen MR) is 268 cm³/mol. The van der Waals surface area contributed by atoms with Crippen LogP contribution in [0.25, 0.3) is 99.9 Å². The molecule has 1 aromatic heterocycles. The van der Waals surface area contributed by atoms with Crippen molar-refractivity contribution >= 4 is 32.3 Å². The van der Waals surface area contributed by atoms with E-state index in [0.717, 1.165) is 44.5 Å². The van der Waals surface area contributed by atoms with Crippen LogP contribution in [0.2, 0.25) is 0 Å². The first-order chi connectivity index (χ1) is 32.2. The molecule has 1 aliphatic carbocycles. The summed E-state index contributed by atoms with van der Waals surface area (Å²) in [5.41, 5.74) is 13.8. The molecule has 0 atom stereocenters. The van der Waals surface area contributed by atoms with Crippen LogP contribution in [-0.4, -0.2) is 15.0 Å². The minimum absolute atomic E-state index is 0.623. The summed E-state index contributed by atoms with van der Waals surface area (Å²) >= 11 is 0. The lowest BCUT2D eigenvalue weighted by Crippen LogP contribution is -2.28. The zero-order chi connectivity index (χ0) is 42.9. The number of rotatable bonds is 7. The fraction of sp³-hybridized carbons (Fsp3) is 0.0161. The Kier molecular flexibility index (Phi) is 8.44. The van der Waals surface area contributed by atoms with Crippen LogP contribution in [0.4, 0.5) is 0 Å². The molecule has 302 valence electrons. The number of nitrogens with zero attached hydrogens (tertiary/aromatic N) is 3. The lowest BCUT2D eigenvalue weighted by molar-refractivity contribution is 0.769. The van der Waals surface area contributed by atoms with Gasteiger partial charge in [-0.2, -0.15) is 0 Å². The molecule has 0 N–H and O–H groups in total. The Morgan fingerprint density at radius 2 is 0.738 bits per heavy atom. The van der Waals surface area contributed by atoms with E-state index in [0.29, 0.717) is 17.5 Å². The van der Waals surface area contributed by atoms with E-state index in [-0.39, 0.29) is 0 Å². The quantitative estimate of drug-likeness (QED) is 0.150. The van der Waals surface area contributed by atoms with E-state index in [1.165, 1.54) is 60.1 Å². The SMILES string of the molecule is c1ccc(-c2cccc(-c3nc(-c4ccccc4)nc(-c4cc(-c5cc6ccc7cccc8ccc(c5)c6c78)cc5c4-c4ccccc4C5(c4ccccc4)c4ccccc4)n3)c2)cc1. The third-order valence-electron chi connectivity index (χ3n) is 13.5. The average Bonchev–Trinajstić information content (AvgIpc) is 3.69. The van der Waals surface area contributed by atoms with Crippen molar-refractivity contribution < 1.29 is 0 Å². The van der Waals surface area contributed by atoms with Gasteiger partial charge in [-0.15, -0.1) is 0 Å². The molecule has 0 unspecified atom stereocenters. The first-order valence-electron chi connectivity index (χ1n) is 22.3. The Balaban J connectivity index is 1.14. The van der Waals surface area contributed by atoms with Gasteiger partial charge in [0.15, 0.2) is 17.5 Å².